The average Bonchev–Trinajstić information content (AvgIpc) is 2.89. The minimum absolute atomic E-state index is 0.796. The molecule has 18 heavy (non-hydrogen) atoms. The van der Waals surface area contributed by atoms with E-state index in [2.05, 4.69) is 33.6 Å². The summed E-state index contributed by atoms with van der Waals surface area (Å²) in [6.07, 6.45) is 0.796. The predicted molar refractivity (Wildman–Crippen MR) is 74.6 cm³/mol. The largest absolute Gasteiger partial charge is 0.219 e. The van der Waals surface area contributed by atoms with Crippen LogP contribution in [-0.4, -0.2) is 9.36 Å². The van der Waals surface area contributed by atoms with Crippen molar-refractivity contribution >= 4 is 11.5 Å². The van der Waals surface area contributed by atoms with Crippen molar-refractivity contribution in [1.82, 2.24) is 9.36 Å². The molecule has 0 atom stereocenters. The summed E-state index contributed by atoms with van der Waals surface area (Å²) < 4.78 is 4.42. The van der Waals surface area contributed by atoms with Gasteiger partial charge in [0.2, 0.25) is 0 Å². The molecule has 2 aromatic carbocycles. The fourth-order valence-electron chi connectivity index (χ4n) is 1.80. The summed E-state index contributed by atoms with van der Waals surface area (Å²) in [5.41, 5.74) is 2.38. The third kappa shape index (κ3) is 2.46. The highest BCUT2D eigenvalue weighted by Gasteiger charge is 2.06. The topological polar surface area (TPSA) is 25.8 Å². The van der Waals surface area contributed by atoms with Crippen LogP contribution in [0.3, 0.4) is 0 Å². The number of rotatable bonds is 3. The maximum Gasteiger partial charge on any atom is 0.147 e. The zero-order valence-corrected chi connectivity index (χ0v) is 10.6. The Hall–Kier alpha value is -2.00. The van der Waals surface area contributed by atoms with Gasteiger partial charge in [-0.1, -0.05) is 60.7 Å². The molecule has 1 aromatic heterocycles. The van der Waals surface area contributed by atoms with E-state index >= 15 is 0 Å². The molecular formula is C15H12N2S. The second kappa shape index (κ2) is 5.10. The molecule has 0 N–H and O–H groups in total. The maximum atomic E-state index is 4.58. The SMILES string of the molecule is c1ccc(Cc2nsc(-c3ccccc3)n2)cc1. The Morgan fingerprint density at radius 2 is 1.50 bits per heavy atom. The van der Waals surface area contributed by atoms with Crippen LogP contribution in [0.15, 0.2) is 60.7 Å². The van der Waals surface area contributed by atoms with Gasteiger partial charge in [0.05, 0.1) is 0 Å². The van der Waals surface area contributed by atoms with E-state index in [9.17, 15) is 0 Å². The van der Waals surface area contributed by atoms with Crippen LogP contribution in [0.4, 0.5) is 0 Å². The quantitative estimate of drug-likeness (QED) is 0.708. The molecule has 0 aliphatic rings. The van der Waals surface area contributed by atoms with Crippen LogP contribution in [-0.2, 0) is 6.42 Å². The van der Waals surface area contributed by atoms with Gasteiger partial charge in [-0.25, -0.2) is 4.98 Å². The summed E-state index contributed by atoms with van der Waals surface area (Å²) in [5, 5.41) is 0.988. The summed E-state index contributed by atoms with van der Waals surface area (Å²) >= 11 is 1.46. The third-order valence-corrected chi connectivity index (χ3v) is 3.50. The number of hydrogen-bond acceptors (Lipinski definition) is 3. The van der Waals surface area contributed by atoms with Gasteiger partial charge < -0.3 is 0 Å². The second-order valence-corrected chi connectivity index (χ2v) is 4.80. The van der Waals surface area contributed by atoms with Gasteiger partial charge in [-0.05, 0) is 17.1 Å². The highest BCUT2D eigenvalue weighted by Crippen LogP contribution is 2.21. The van der Waals surface area contributed by atoms with E-state index < -0.39 is 0 Å². The van der Waals surface area contributed by atoms with Gasteiger partial charge in [0.15, 0.2) is 0 Å². The molecule has 0 unspecified atom stereocenters. The molecule has 0 bridgehead atoms. The Kier molecular flexibility index (Phi) is 3.15. The van der Waals surface area contributed by atoms with Crippen molar-refractivity contribution in [3.8, 4) is 10.6 Å². The van der Waals surface area contributed by atoms with Gasteiger partial charge >= 0.3 is 0 Å². The van der Waals surface area contributed by atoms with Gasteiger partial charge in [-0.15, -0.1) is 0 Å². The lowest BCUT2D eigenvalue weighted by atomic mass is 10.1. The second-order valence-electron chi connectivity index (χ2n) is 4.04. The van der Waals surface area contributed by atoms with E-state index in [1.54, 1.807) is 0 Å². The zero-order chi connectivity index (χ0) is 12.2. The van der Waals surface area contributed by atoms with Crippen molar-refractivity contribution in [2.24, 2.45) is 0 Å². The smallest absolute Gasteiger partial charge is 0.147 e. The lowest BCUT2D eigenvalue weighted by Crippen LogP contribution is -1.89. The molecule has 0 aliphatic carbocycles. The minimum Gasteiger partial charge on any atom is -0.219 e. The van der Waals surface area contributed by atoms with Crippen LogP contribution in [0, 0.1) is 0 Å². The van der Waals surface area contributed by atoms with Gasteiger partial charge in [0.25, 0.3) is 0 Å². The van der Waals surface area contributed by atoms with Crippen LogP contribution in [0.5, 0.6) is 0 Å². The van der Waals surface area contributed by atoms with E-state index in [-0.39, 0.29) is 0 Å². The Morgan fingerprint density at radius 3 is 2.22 bits per heavy atom. The van der Waals surface area contributed by atoms with E-state index in [1.807, 2.05) is 36.4 Å². The molecule has 0 spiro atoms. The maximum absolute atomic E-state index is 4.58. The van der Waals surface area contributed by atoms with Gasteiger partial charge in [-0.2, -0.15) is 4.37 Å². The molecule has 3 heteroatoms. The van der Waals surface area contributed by atoms with Crippen LogP contribution in [0.25, 0.3) is 10.6 Å². The zero-order valence-electron chi connectivity index (χ0n) is 9.78. The third-order valence-electron chi connectivity index (χ3n) is 2.69. The Balaban J connectivity index is 1.82. The highest BCUT2D eigenvalue weighted by atomic mass is 32.1. The molecule has 2 nitrogen and oxygen atoms in total. The van der Waals surface area contributed by atoms with Gasteiger partial charge in [0.1, 0.15) is 10.8 Å². The summed E-state index contributed by atoms with van der Waals surface area (Å²) in [7, 11) is 0. The standard InChI is InChI=1S/C15H12N2S/c1-3-7-12(8-4-1)11-14-16-15(18-17-14)13-9-5-2-6-10-13/h1-10H,11H2. The van der Waals surface area contributed by atoms with E-state index in [0.29, 0.717) is 0 Å². The Bertz CT molecular complexity index is 617. The van der Waals surface area contributed by atoms with E-state index in [4.69, 9.17) is 0 Å². The first-order chi connectivity index (χ1) is 8.92. The number of benzene rings is 2. The molecule has 1 heterocycles. The molecule has 0 radical (unpaired) electrons. The van der Waals surface area contributed by atoms with Crippen molar-refractivity contribution in [3.63, 3.8) is 0 Å². The Morgan fingerprint density at radius 1 is 0.833 bits per heavy atom. The molecule has 0 saturated heterocycles. The molecule has 0 fully saturated rings. The van der Waals surface area contributed by atoms with Crippen LogP contribution >= 0.6 is 11.5 Å². The minimum atomic E-state index is 0.796. The number of aromatic nitrogens is 2. The van der Waals surface area contributed by atoms with Crippen molar-refractivity contribution in [1.29, 1.82) is 0 Å². The van der Waals surface area contributed by atoms with Crippen molar-refractivity contribution in [3.05, 3.63) is 72.1 Å². The first kappa shape index (κ1) is 11.1. The normalized spacial score (nSPS) is 10.4. The summed E-state index contributed by atoms with van der Waals surface area (Å²) in [5.74, 6) is 0.894. The highest BCUT2D eigenvalue weighted by molar-refractivity contribution is 7.09. The molecular weight excluding hydrogens is 240 g/mol. The van der Waals surface area contributed by atoms with Crippen molar-refractivity contribution in [2.45, 2.75) is 6.42 Å². The van der Waals surface area contributed by atoms with Crippen molar-refractivity contribution < 1.29 is 0 Å². The molecule has 3 rings (SSSR count). The van der Waals surface area contributed by atoms with Crippen molar-refractivity contribution in [2.75, 3.05) is 0 Å². The van der Waals surface area contributed by atoms with Crippen LogP contribution in [0.1, 0.15) is 11.4 Å². The summed E-state index contributed by atoms with van der Waals surface area (Å²) in [4.78, 5) is 4.58. The lowest BCUT2D eigenvalue weighted by molar-refractivity contribution is 1.04. The van der Waals surface area contributed by atoms with Crippen LogP contribution in [0.2, 0.25) is 0 Å². The molecule has 0 amide bonds. The number of nitrogens with zero attached hydrogens (tertiary/aromatic N) is 2. The number of hydrogen-bond donors (Lipinski definition) is 0. The fraction of sp³-hybridized carbons (Fsp3) is 0.0667. The fourth-order valence-corrected chi connectivity index (χ4v) is 2.49. The van der Waals surface area contributed by atoms with Gasteiger partial charge in [-0.3, -0.25) is 0 Å². The van der Waals surface area contributed by atoms with Gasteiger partial charge in [0, 0.05) is 12.0 Å². The molecule has 88 valence electrons. The first-order valence-electron chi connectivity index (χ1n) is 5.84. The molecule has 0 saturated carbocycles. The summed E-state index contributed by atoms with van der Waals surface area (Å²) in [6, 6.07) is 20.5. The van der Waals surface area contributed by atoms with E-state index in [0.717, 1.165) is 22.8 Å². The van der Waals surface area contributed by atoms with E-state index in [1.165, 1.54) is 17.1 Å². The summed E-state index contributed by atoms with van der Waals surface area (Å²) in [6.45, 7) is 0. The average molecular weight is 252 g/mol. The lowest BCUT2D eigenvalue weighted by Gasteiger charge is -1.95. The molecule has 0 aliphatic heterocycles. The monoisotopic (exact) mass is 252 g/mol. The Labute approximate surface area is 110 Å². The predicted octanol–water partition coefficient (Wildman–Crippen LogP) is 3.80. The first-order valence-corrected chi connectivity index (χ1v) is 6.61. The van der Waals surface area contributed by atoms with Crippen LogP contribution < -0.4 is 0 Å². The molecule has 3 aromatic rings.